The lowest BCUT2D eigenvalue weighted by molar-refractivity contribution is -0.115. The number of methoxy groups -OCH3 is 2. The van der Waals surface area contributed by atoms with Gasteiger partial charge in [-0.05, 0) is 42.0 Å². The number of nitrogens with zero attached hydrogens (tertiary/aromatic N) is 1. The molecule has 0 aromatic heterocycles. The van der Waals surface area contributed by atoms with Gasteiger partial charge in [-0.1, -0.05) is 19.4 Å². The highest BCUT2D eigenvalue weighted by atomic mass is 32.2. The van der Waals surface area contributed by atoms with Gasteiger partial charge < -0.3 is 14.8 Å². The van der Waals surface area contributed by atoms with E-state index in [1.54, 1.807) is 14.2 Å². The third-order valence-corrected chi connectivity index (χ3v) is 4.07. The average Bonchev–Trinajstić information content (AvgIpc) is 2.87. The fourth-order valence-electron chi connectivity index (χ4n) is 1.93. The first-order valence-corrected chi connectivity index (χ1v) is 7.97. The molecule has 6 heteroatoms. The molecule has 5 nitrogen and oxygen atoms in total. The van der Waals surface area contributed by atoms with Gasteiger partial charge in [-0.25, -0.2) is 0 Å². The Balaban J connectivity index is 2.16. The van der Waals surface area contributed by atoms with Crippen LogP contribution in [0.25, 0.3) is 6.08 Å². The van der Waals surface area contributed by atoms with Gasteiger partial charge in [0.2, 0.25) is 0 Å². The van der Waals surface area contributed by atoms with E-state index in [1.807, 2.05) is 24.3 Å². The Hall–Kier alpha value is -1.95. The molecule has 0 aliphatic carbocycles. The van der Waals surface area contributed by atoms with Crippen molar-refractivity contribution >= 4 is 28.9 Å². The summed E-state index contributed by atoms with van der Waals surface area (Å²) < 4.78 is 10.5. The third-order valence-electron chi connectivity index (χ3n) is 3.12. The van der Waals surface area contributed by atoms with Crippen molar-refractivity contribution in [1.29, 1.82) is 0 Å². The van der Waals surface area contributed by atoms with Crippen LogP contribution >= 0.6 is 11.8 Å². The summed E-state index contributed by atoms with van der Waals surface area (Å²) >= 11 is 1.37. The van der Waals surface area contributed by atoms with Crippen LogP contribution in [0.4, 0.5) is 0 Å². The minimum absolute atomic E-state index is 0.116. The lowest BCUT2D eigenvalue weighted by Gasteiger charge is -2.07. The van der Waals surface area contributed by atoms with Crippen molar-refractivity contribution in [2.24, 2.45) is 4.99 Å². The molecular formula is C16H20N2O3S. The van der Waals surface area contributed by atoms with Crippen LogP contribution in [-0.4, -0.2) is 31.8 Å². The fourth-order valence-corrected chi connectivity index (χ4v) is 2.78. The van der Waals surface area contributed by atoms with Crippen molar-refractivity contribution < 1.29 is 14.3 Å². The van der Waals surface area contributed by atoms with Crippen LogP contribution in [-0.2, 0) is 4.79 Å². The van der Waals surface area contributed by atoms with Gasteiger partial charge in [0.15, 0.2) is 16.7 Å². The van der Waals surface area contributed by atoms with Crippen LogP contribution in [0.5, 0.6) is 11.5 Å². The Morgan fingerprint density at radius 3 is 2.73 bits per heavy atom. The predicted octanol–water partition coefficient (Wildman–Crippen LogP) is 3.06. The largest absolute Gasteiger partial charge is 0.493 e. The van der Waals surface area contributed by atoms with Gasteiger partial charge >= 0.3 is 0 Å². The summed E-state index contributed by atoms with van der Waals surface area (Å²) in [5.74, 6) is 1.18. The molecule has 0 spiro atoms. The molecule has 1 heterocycles. The number of amidine groups is 1. The molecule has 0 radical (unpaired) electrons. The van der Waals surface area contributed by atoms with E-state index in [0.29, 0.717) is 21.6 Å². The molecule has 1 fully saturated rings. The lowest BCUT2D eigenvalue weighted by Crippen LogP contribution is -2.19. The molecule has 2 rings (SSSR count). The van der Waals surface area contributed by atoms with Crippen LogP contribution in [0.1, 0.15) is 25.3 Å². The molecule has 0 bridgehead atoms. The van der Waals surface area contributed by atoms with E-state index < -0.39 is 0 Å². The van der Waals surface area contributed by atoms with Gasteiger partial charge in [-0.3, -0.25) is 9.79 Å². The number of nitrogens with one attached hydrogen (secondary N) is 1. The summed E-state index contributed by atoms with van der Waals surface area (Å²) in [4.78, 5) is 17.0. The molecular weight excluding hydrogens is 300 g/mol. The molecule has 118 valence electrons. The van der Waals surface area contributed by atoms with Gasteiger partial charge in [0, 0.05) is 6.54 Å². The number of rotatable bonds is 6. The highest BCUT2D eigenvalue weighted by Gasteiger charge is 2.23. The second-order valence-corrected chi connectivity index (χ2v) is 5.75. The maximum Gasteiger partial charge on any atom is 0.264 e. The summed E-state index contributed by atoms with van der Waals surface area (Å²) in [5, 5.41) is 3.46. The van der Waals surface area contributed by atoms with Crippen LogP contribution in [0.2, 0.25) is 0 Å². The summed E-state index contributed by atoms with van der Waals surface area (Å²) in [6, 6.07) is 5.54. The summed E-state index contributed by atoms with van der Waals surface area (Å²) in [6.07, 6.45) is 3.93. The highest BCUT2D eigenvalue weighted by Crippen LogP contribution is 2.31. The Kier molecular flexibility index (Phi) is 5.89. The minimum atomic E-state index is -0.116. The third kappa shape index (κ3) is 4.04. The van der Waals surface area contributed by atoms with E-state index in [1.165, 1.54) is 11.8 Å². The first-order valence-electron chi connectivity index (χ1n) is 7.15. The molecule has 0 unspecified atom stereocenters. The van der Waals surface area contributed by atoms with Crippen molar-refractivity contribution in [3.8, 4) is 11.5 Å². The van der Waals surface area contributed by atoms with Crippen LogP contribution in [0, 0.1) is 0 Å². The normalized spacial score (nSPS) is 17.9. The standard InChI is InChI=1S/C16H20N2O3S/c1-4-5-8-17-16-18-15(19)14(22-16)10-11-6-7-12(20-2)13(9-11)21-3/h6-7,9-10H,4-5,8H2,1-3H3,(H,17,18,19)/b14-10+. The number of amides is 1. The van der Waals surface area contributed by atoms with Crippen molar-refractivity contribution in [3.63, 3.8) is 0 Å². The van der Waals surface area contributed by atoms with Gasteiger partial charge in [0.1, 0.15) is 0 Å². The quantitative estimate of drug-likeness (QED) is 0.646. The van der Waals surface area contributed by atoms with E-state index in [2.05, 4.69) is 17.2 Å². The van der Waals surface area contributed by atoms with Crippen LogP contribution < -0.4 is 14.8 Å². The molecule has 0 saturated carbocycles. The number of benzene rings is 1. The number of carbonyl (C=O) groups excluding carboxylic acids is 1. The van der Waals surface area contributed by atoms with E-state index in [-0.39, 0.29) is 5.91 Å². The number of thioether (sulfide) groups is 1. The maximum absolute atomic E-state index is 12.0. The molecule has 1 amide bonds. The first kappa shape index (κ1) is 16.4. The summed E-state index contributed by atoms with van der Waals surface area (Å²) in [6.45, 7) is 2.85. The second-order valence-electron chi connectivity index (χ2n) is 4.72. The molecule has 1 aromatic carbocycles. The molecule has 1 saturated heterocycles. The molecule has 1 aliphatic rings. The molecule has 0 atom stereocenters. The summed E-state index contributed by atoms with van der Waals surface area (Å²) in [7, 11) is 3.18. The average molecular weight is 320 g/mol. The zero-order valence-corrected chi connectivity index (χ0v) is 13.8. The zero-order chi connectivity index (χ0) is 15.9. The van der Waals surface area contributed by atoms with Gasteiger partial charge in [0.05, 0.1) is 19.1 Å². The highest BCUT2D eigenvalue weighted by molar-refractivity contribution is 8.18. The molecule has 22 heavy (non-hydrogen) atoms. The van der Waals surface area contributed by atoms with E-state index in [0.717, 1.165) is 24.9 Å². The lowest BCUT2D eigenvalue weighted by atomic mass is 10.2. The van der Waals surface area contributed by atoms with E-state index >= 15 is 0 Å². The topological polar surface area (TPSA) is 59.9 Å². The Labute approximate surface area is 134 Å². The van der Waals surface area contributed by atoms with Crippen molar-refractivity contribution in [2.75, 3.05) is 20.8 Å². The number of unbranched alkanes of at least 4 members (excludes halogenated alkanes) is 1. The zero-order valence-electron chi connectivity index (χ0n) is 13.0. The minimum Gasteiger partial charge on any atom is -0.493 e. The van der Waals surface area contributed by atoms with E-state index in [4.69, 9.17) is 9.47 Å². The van der Waals surface area contributed by atoms with E-state index in [9.17, 15) is 4.79 Å². The van der Waals surface area contributed by atoms with Crippen LogP contribution in [0.15, 0.2) is 28.1 Å². The number of hydrogen-bond donors (Lipinski definition) is 1. The van der Waals surface area contributed by atoms with Crippen molar-refractivity contribution in [3.05, 3.63) is 28.7 Å². The Morgan fingerprint density at radius 1 is 1.27 bits per heavy atom. The monoisotopic (exact) mass is 320 g/mol. The number of hydrogen-bond acceptors (Lipinski definition) is 5. The number of ether oxygens (including phenoxy) is 2. The Morgan fingerprint density at radius 2 is 2.05 bits per heavy atom. The van der Waals surface area contributed by atoms with Crippen molar-refractivity contribution in [2.45, 2.75) is 19.8 Å². The van der Waals surface area contributed by atoms with Gasteiger partial charge in [0.25, 0.3) is 5.91 Å². The van der Waals surface area contributed by atoms with Crippen LogP contribution in [0.3, 0.4) is 0 Å². The van der Waals surface area contributed by atoms with Gasteiger partial charge in [-0.15, -0.1) is 0 Å². The molecule has 1 aliphatic heterocycles. The smallest absolute Gasteiger partial charge is 0.264 e. The fraction of sp³-hybridized carbons (Fsp3) is 0.375. The van der Waals surface area contributed by atoms with Gasteiger partial charge in [-0.2, -0.15) is 0 Å². The van der Waals surface area contributed by atoms with Crippen molar-refractivity contribution in [1.82, 2.24) is 5.32 Å². The first-order chi connectivity index (χ1) is 10.7. The Bertz CT molecular complexity index is 611. The maximum atomic E-state index is 12.0. The molecule has 1 N–H and O–H groups in total. The number of aliphatic imine (C=N–C) groups is 1. The second kappa shape index (κ2) is 7.89. The molecule has 1 aromatic rings. The predicted molar refractivity (Wildman–Crippen MR) is 90.5 cm³/mol. The number of carbonyl (C=O) groups is 1. The summed E-state index contributed by atoms with van der Waals surface area (Å²) in [5.41, 5.74) is 0.880. The SMILES string of the molecule is CCCCN=C1NC(=O)/C(=C\c2ccc(OC)c(OC)c2)S1.